The van der Waals surface area contributed by atoms with Gasteiger partial charge in [-0.2, -0.15) is 0 Å². The van der Waals surface area contributed by atoms with E-state index in [0.29, 0.717) is 12.0 Å². The maximum absolute atomic E-state index is 8.36. The molecule has 0 radical (unpaired) electrons. The average molecular weight is 342 g/mol. The first-order valence-electron chi connectivity index (χ1n) is 8.41. The third kappa shape index (κ3) is 4.51. The largest absolute Gasteiger partial charge is 0.488 e. The molecule has 1 N–H and O–H groups in total. The van der Waals surface area contributed by atoms with Crippen LogP contribution in [-0.2, 0) is 11.3 Å². The normalized spacial score (nSPS) is 24.9. The number of carbonyl (C=O) groups is 1. The Morgan fingerprint density at radius 2 is 2.00 bits per heavy atom. The number of hydrogen-bond donors (Lipinski definition) is 1. The highest BCUT2D eigenvalue weighted by Crippen LogP contribution is 2.40. The predicted octanol–water partition coefficient (Wildman–Crippen LogP) is 1.86. The number of ether oxygens (including phenoxy) is 1. The number of pyridine rings is 1. The Morgan fingerprint density at radius 1 is 1.20 bits per heavy atom. The minimum Gasteiger partial charge on any atom is -0.488 e. The lowest BCUT2D eigenvalue weighted by molar-refractivity contribution is -0.122. The minimum absolute atomic E-state index is 0.250. The van der Waals surface area contributed by atoms with Crippen molar-refractivity contribution in [3.05, 3.63) is 48.8 Å². The standard InChI is InChI=1S/C17H20N4O.CH2O2/c1-2-15(8-18-5-1)22-17-4-3-14-10-21(11-16(14)17)9-13-6-19-12-20-7-13;2-1-3/h1-2,5-8,12,14,16-17H,3-4,9-11H2;1H,(H,2,3)/t14-,16+,17-;/m1./s1. The van der Waals surface area contributed by atoms with Crippen LogP contribution in [0.2, 0.25) is 0 Å². The Bertz CT molecular complexity index is 656. The smallest absolute Gasteiger partial charge is 0.290 e. The highest BCUT2D eigenvalue weighted by Gasteiger charge is 2.43. The van der Waals surface area contributed by atoms with Crippen LogP contribution in [0.15, 0.2) is 43.2 Å². The zero-order valence-electron chi connectivity index (χ0n) is 13.9. The van der Waals surface area contributed by atoms with Gasteiger partial charge in [-0.05, 0) is 30.9 Å². The third-order valence-corrected chi connectivity index (χ3v) is 4.81. The molecule has 1 saturated heterocycles. The van der Waals surface area contributed by atoms with E-state index in [1.54, 1.807) is 18.7 Å². The van der Waals surface area contributed by atoms with Crippen LogP contribution in [0.25, 0.3) is 0 Å². The fourth-order valence-corrected chi connectivity index (χ4v) is 3.84. The molecule has 7 heteroatoms. The lowest BCUT2D eigenvalue weighted by Crippen LogP contribution is -2.28. The molecule has 2 aromatic rings. The zero-order valence-corrected chi connectivity index (χ0v) is 13.9. The summed E-state index contributed by atoms with van der Waals surface area (Å²) in [4.78, 5) is 23.2. The second-order valence-corrected chi connectivity index (χ2v) is 6.39. The Kier molecular flexibility index (Phi) is 5.90. The van der Waals surface area contributed by atoms with Gasteiger partial charge in [0.1, 0.15) is 18.2 Å². The Balaban J connectivity index is 0.000000569. The van der Waals surface area contributed by atoms with E-state index >= 15 is 0 Å². The molecule has 0 spiro atoms. The molecule has 2 aliphatic rings. The molecule has 1 saturated carbocycles. The summed E-state index contributed by atoms with van der Waals surface area (Å²) in [5.41, 5.74) is 1.19. The van der Waals surface area contributed by atoms with Crippen molar-refractivity contribution >= 4 is 6.47 Å². The van der Waals surface area contributed by atoms with E-state index in [4.69, 9.17) is 14.6 Å². The van der Waals surface area contributed by atoms with Crippen molar-refractivity contribution in [3.8, 4) is 5.75 Å². The van der Waals surface area contributed by atoms with Crippen LogP contribution >= 0.6 is 0 Å². The number of hydrogen-bond acceptors (Lipinski definition) is 6. The number of nitrogens with zero attached hydrogens (tertiary/aromatic N) is 4. The van der Waals surface area contributed by atoms with E-state index in [9.17, 15) is 0 Å². The van der Waals surface area contributed by atoms with Gasteiger partial charge in [-0.25, -0.2) is 9.97 Å². The van der Waals surface area contributed by atoms with E-state index in [1.807, 2.05) is 24.5 Å². The van der Waals surface area contributed by atoms with Crippen LogP contribution in [0, 0.1) is 11.8 Å². The molecule has 2 fully saturated rings. The summed E-state index contributed by atoms with van der Waals surface area (Å²) < 4.78 is 6.17. The molecule has 4 rings (SSSR count). The molecule has 0 amide bonds. The Labute approximate surface area is 146 Å². The van der Waals surface area contributed by atoms with Gasteiger partial charge in [-0.15, -0.1) is 0 Å². The molecule has 1 aliphatic heterocycles. The molecule has 0 bridgehead atoms. The van der Waals surface area contributed by atoms with Crippen molar-refractivity contribution in [2.45, 2.75) is 25.5 Å². The highest BCUT2D eigenvalue weighted by atomic mass is 16.5. The summed E-state index contributed by atoms with van der Waals surface area (Å²) in [6.45, 7) is 2.95. The van der Waals surface area contributed by atoms with Crippen molar-refractivity contribution in [3.63, 3.8) is 0 Å². The van der Waals surface area contributed by atoms with Gasteiger partial charge in [0.2, 0.25) is 0 Å². The van der Waals surface area contributed by atoms with Crippen LogP contribution in [0.5, 0.6) is 5.75 Å². The first-order valence-corrected chi connectivity index (χ1v) is 8.41. The summed E-state index contributed by atoms with van der Waals surface area (Å²) in [5, 5.41) is 6.89. The molecule has 0 aromatic carbocycles. The Morgan fingerprint density at radius 3 is 2.72 bits per heavy atom. The molecule has 2 aromatic heterocycles. The van der Waals surface area contributed by atoms with Gasteiger partial charge in [0, 0.05) is 49.7 Å². The topological polar surface area (TPSA) is 88.4 Å². The fourth-order valence-electron chi connectivity index (χ4n) is 3.84. The molecule has 0 unspecified atom stereocenters. The van der Waals surface area contributed by atoms with Gasteiger partial charge in [-0.3, -0.25) is 14.7 Å². The predicted molar refractivity (Wildman–Crippen MR) is 90.9 cm³/mol. The van der Waals surface area contributed by atoms with E-state index < -0.39 is 0 Å². The summed E-state index contributed by atoms with van der Waals surface area (Å²) in [6, 6.07) is 3.92. The van der Waals surface area contributed by atoms with Gasteiger partial charge < -0.3 is 9.84 Å². The first kappa shape index (κ1) is 17.3. The van der Waals surface area contributed by atoms with Crippen LogP contribution < -0.4 is 4.74 Å². The summed E-state index contributed by atoms with van der Waals surface area (Å²) in [6.07, 6.45) is 11.7. The SMILES string of the molecule is O=CO.c1cncc(O[C@@H]2CC[C@@H]3CN(Cc4cncnc4)C[C@@H]32)c1. The molecule has 25 heavy (non-hydrogen) atoms. The van der Waals surface area contributed by atoms with Crippen LogP contribution in [0.3, 0.4) is 0 Å². The number of carboxylic acid groups (broad SMARTS) is 1. The molecule has 3 atom stereocenters. The number of rotatable bonds is 4. The van der Waals surface area contributed by atoms with Gasteiger partial charge >= 0.3 is 0 Å². The lowest BCUT2D eigenvalue weighted by atomic mass is 9.99. The lowest BCUT2D eigenvalue weighted by Gasteiger charge is -2.21. The number of fused-ring (bicyclic) bond motifs is 1. The van der Waals surface area contributed by atoms with E-state index in [-0.39, 0.29) is 6.47 Å². The van der Waals surface area contributed by atoms with Gasteiger partial charge in [0.25, 0.3) is 6.47 Å². The molecule has 3 heterocycles. The second kappa shape index (κ2) is 8.53. The molecular weight excluding hydrogens is 320 g/mol. The summed E-state index contributed by atoms with van der Waals surface area (Å²) in [5.74, 6) is 2.28. The third-order valence-electron chi connectivity index (χ3n) is 4.81. The van der Waals surface area contributed by atoms with Crippen molar-refractivity contribution in [1.82, 2.24) is 19.9 Å². The first-order chi connectivity index (χ1) is 12.3. The van der Waals surface area contributed by atoms with Crippen LogP contribution in [0.1, 0.15) is 18.4 Å². The number of likely N-dealkylation sites (tertiary alicyclic amines) is 1. The van der Waals surface area contributed by atoms with E-state index in [1.165, 1.54) is 12.0 Å². The average Bonchev–Trinajstić information content (AvgIpc) is 3.19. The van der Waals surface area contributed by atoms with Crippen LogP contribution in [0.4, 0.5) is 0 Å². The molecule has 132 valence electrons. The van der Waals surface area contributed by atoms with Crippen molar-refractivity contribution in [2.24, 2.45) is 11.8 Å². The van der Waals surface area contributed by atoms with Crippen molar-refractivity contribution < 1.29 is 14.6 Å². The fraction of sp³-hybridized carbons (Fsp3) is 0.444. The van der Waals surface area contributed by atoms with Gasteiger partial charge in [0.15, 0.2) is 0 Å². The maximum atomic E-state index is 8.36. The van der Waals surface area contributed by atoms with Crippen LogP contribution in [-0.4, -0.2) is 50.6 Å². The molecular formula is C18H22N4O3. The van der Waals surface area contributed by atoms with Crippen molar-refractivity contribution in [1.29, 1.82) is 0 Å². The quantitative estimate of drug-likeness (QED) is 0.848. The summed E-state index contributed by atoms with van der Waals surface area (Å²) >= 11 is 0. The van der Waals surface area contributed by atoms with Gasteiger partial charge in [0.05, 0.1) is 6.20 Å². The molecule has 1 aliphatic carbocycles. The van der Waals surface area contributed by atoms with Gasteiger partial charge in [-0.1, -0.05) is 0 Å². The minimum atomic E-state index is -0.250. The summed E-state index contributed by atoms with van der Waals surface area (Å²) in [7, 11) is 0. The Hall–Kier alpha value is -2.54. The maximum Gasteiger partial charge on any atom is 0.290 e. The number of aromatic nitrogens is 3. The monoisotopic (exact) mass is 342 g/mol. The van der Waals surface area contributed by atoms with E-state index in [0.717, 1.165) is 37.7 Å². The molecule has 7 nitrogen and oxygen atoms in total. The van der Waals surface area contributed by atoms with Crippen molar-refractivity contribution in [2.75, 3.05) is 13.1 Å². The highest BCUT2D eigenvalue weighted by molar-refractivity contribution is 5.32. The second-order valence-electron chi connectivity index (χ2n) is 6.39. The zero-order chi connectivity index (χ0) is 17.5. The van der Waals surface area contributed by atoms with E-state index in [2.05, 4.69) is 19.9 Å².